The van der Waals surface area contributed by atoms with Crippen molar-refractivity contribution >= 4 is 63.5 Å². The third kappa shape index (κ3) is 4.32. The first kappa shape index (κ1) is 28.3. The van der Waals surface area contributed by atoms with E-state index in [1.54, 1.807) is 0 Å². The molecule has 0 N–H and O–H groups in total. The van der Waals surface area contributed by atoms with Gasteiger partial charge in [0, 0.05) is 44.0 Å². The zero-order valence-electron chi connectivity index (χ0n) is 27.7. The van der Waals surface area contributed by atoms with Crippen molar-refractivity contribution < 1.29 is 0 Å². The highest BCUT2D eigenvalue weighted by molar-refractivity contribution is 6.73. The van der Waals surface area contributed by atoms with E-state index in [1.165, 1.54) is 54.0 Å². The lowest BCUT2D eigenvalue weighted by molar-refractivity contribution is 1.18. The summed E-state index contributed by atoms with van der Waals surface area (Å²) in [6.45, 7) is 0. The Kier molecular flexibility index (Phi) is 6.09. The van der Waals surface area contributed by atoms with E-state index in [9.17, 15) is 0 Å². The Morgan fingerprint density at radius 1 is 0.353 bits per heavy atom. The normalized spacial score (nSPS) is 12.2. The summed E-state index contributed by atoms with van der Waals surface area (Å²) in [5.41, 5.74) is 13.3. The van der Waals surface area contributed by atoms with Gasteiger partial charge in [-0.1, -0.05) is 109 Å². The van der Waals surface area contributed by atoms with E-state index in [-0.39, 0.29) is 0 Å². The second kappa shape index (κ2) is 11.0. The minimum absolute atomic E-state index is 0.668. The van der Waals surface area contributed by atoms with Crippen LogP contribution in [0.25, 0.3) is 88.9 Å². The summed E-state index contributed by atoms with van der Waals surface area (Å²) >= 11 is 0. The number of aromatic nitrogens is 4. The van der Waals surface area contributed by atoms with Crippen LogP contribution < -0.4 is 10.4 Å². The lowest BCUT2D eigenvalue weighted by atomic mass is 10.1. The van der Waals surface area contributed by atoms with Gasteiger partial charge in [0.1, 0.15) is 0 Å². The molecule has 51 heavy (non-hydrogen) atoms. The molecule has 4 nitrogen and oxygen atoms in total. The lowest BCUT2D eigenvalue weighted by Crippen LogP contribution is -2.21. The minimum Gasteiger partial charge on any atom is -0.309 e. The molecule has 0 saturated heterocycles. The van der Waals surface area contributed by atoms with Crippen LogP contribution in [0.1, 0.15) is 0 Å². The van der Waals surface area contributed by atoms with Crippen molar-refractivity contribution in [2.75, 3.05) is 0 Å². The first-order valence-electron chi connectivity index (χ1n) is 17.5. The Morgan fingerprint density at radius 2 is 0.765 bits per heavy atom. The largest absolute Gasteiger partial charge is 0.309 e. The highest BCUT2D eigenvalue weighted by Crippen LogP contribution is 2.37. The molecule has 0 radical (unpaired) electrons. The molecule has 1 aliphatic rings. The van der Waals surface area contributed by atoms with Gasteiger partial charge in [-0.3, -0.25) is 0 Å². The fraction of sp³-hybridized carbons (Fsp3) is 0. The van der Waals surface area contributed by atoms with Gasteiger partial charge in [-0.2, -0.15) is 0 Å². The molecule has 0 spiro atoms. The van der Waals surface area contributed by atoms with E-state index in [0.717, 1.165) is 45.3 Å². The summed E-state index contributed by atoms with van der Waals surface area (Å²) in [5, 5.41) is 7.71. The maximum Gasteiger partial charge on any atom is 0.0933 e. The zero-order valence-corrected chi connectivity index (χ0v) is 29.1. The lowest BCUT2D eigenvalue weighted by Gasteiger charge is -2.10. The molecule has 10 aromatic rings. The second-order valence-corrected chi connectivity index (χ2v) is 15.3. The first-order chi connectivity index (χ1) is 25.3. The Hall–Kier alpha value is -6.56. The maximum atomic E-state index is 5.35. The van der Waals surface area contributed by atoms with Crippen LogP contribution in [-0.4, -0.2) is 28.6 Å². The number of pyridine rings is 2. The Bertz CT molecular complexity index is 2790. The third-order valence-corrected chi connectivity index (χ3v) is 12.4. The Morgan fingerprint density at radius 3 is 1.24 bits per heavy atom. The SMILES string of the molecule is c1ccc(-n2c3ccccc3c3ccc(-c4ccc5c(n4)-c4nc(-c6ccc7c8ccccc8n(-c8ccccc8)c7c6)ccc4[SiH2]5)cc32)cc1. The number of nitrogens with zero attached hydrogens (tertiary/aromatic N) is 4. The number of fused-ring (bicyclic) bond motifs is 9. The van der Waals surface area contributed by atoms with E-state index in [2.05, 4.69) is 179 Å². The molecule has 0 fully saturated rings. The molecule has 5 heterocycles. The molecule has 0 aliphatic carbocycles. The monoisotopic (exact) mass is 666 g/mol. The van der Waals surface area contributed by atoms with E-state index < -0.39 is 9.52 Å². The molecule has 4 aromatic heterocycles. The molecular weight excluding hydrogens is 637 g/mol. The van der Waals surface area contributed by atoms with E-state index in [1.807, 2.05) is 0 Å². The quantitative estimate of drug-likeness (QED) is 0.176. The van der Waals surface area contributed by atoms with E-state index in [4.69, 9.17) is 9.97 Å². The van der Waals surface area contributed by atoms with Crippen LogP contribution in [0.2, 0.25) is 0 Å². The maximum absolute atomic E-state index is 5.35. The van der Waals surface area contributed by atoms with Crippen molar-refractivity contribution in [3.05, 3.63) is 170 Å². The van der Waals surface area contributed by atoms with Crippen LogP contribution in [0.3, 0.4) is 0 Å². The van der Waals surface area contributed by atoms with Gasteiger partial charge >= 0.3 is 0 Å². The minimum atomic E-state index is -0.668. The van der Waals surface area contributed by atoms with E-state index in [0.29, 0.717) is 0 Å². The third-order valence-electron chi connectivity index (χ3n) is 10.5. The molecule has 0 amide bonds. The van der Waals surface area contributed by atoms with Crippen LogP contribution in [-0.2, 0) is 0 Å². The Labute approximate surface area is 296 Å². The first-order valence-corrected chi connectivity index (χ1v) is 18.9. The molecule has 0 bridgehead atoms. The van der Waals surface area contributed by atoms with Gasteiger partial charge in [-0.05, 0) is 71.0 Å². The van der Waals surface area contributed by atoms with Crippen LogP contribution in [0, 0.1) is 0 Å². The van der Waals surface area contributed by atoms with Crippen LogP contribution in [0.15, 0.2) is 170 Å². The predicted molar refractivity (Wildman–Crippen MR) is 215 cm³/mol. The topological polar surface area (TPSA) is 35.6 Å². The van der Waals surface area contributed by atoms with Gasteiger partial charge in [0.15, 0.2) is 0 Å². The van der Waals surface area contributed by atoms with Crippen molar-refractivity contribution in [1.29, 1.82) is 0 Å². The van der Waals surface area contributed by atoms with Crippen molar-refractivity contribution in [3.8, 4) is 45.3 Å². The number of hydrogen-bond donors (Lipinski definition) is 0. The highest BCUT2D eigenvalue weighted by Gasteiger charge is 2.24. The summed E-state index contributed by atoms with van der Waals surface area (Å²) < 4.78 is 4.73. The molecule has 0 unspecified atom stereocenters. The number of para-hydroxylation sites is 4. The van der Waals surface area contributed by atoms with Crippen molar-refractivity contribution in [2.45, 2.75) is 0 Å². The van der Waals surface area contributed by atoms with Crippen molar-refractivity contribution in [2.24, 2.45) is 0 Å². The molecule has 11 rings (SSSR count). The van der Waals surface area contributed by atoms with Gasteiger partial charge in [-0.25, -0.2) is 9.97 Å². The van der Waals surface area contributed by atoms with Gasteiger partial charge in [0.2, 0.25) is 0 Å². The standard InChI is InChI=1S/C46H30N4Si/c1-3-11-31(12-4-1)49-39-17-9-7-15-33(39)35-21-19-29(27-41(35)49)37-23-25-43-45(47-37)46-44(51-43)26-24-38(48-46)30-20-22-36-34-16-8-10-18-40(34)50(42(36)28-30)32-13-5-2-6-14-32/h1-28H,51H2. The van der Waals surface area contributed by atoms with Crippen LogP contribution in [0.4, 0.5) is 0 Å². The van der Waals surface area contributed by atoms with Crippen LogP contribution >= 0.6 is 0 Å². The molecule has 0 atom stereocenters. The highest BCUT2D eigenvalue weighted by atomic mass is 28.2. The molecule has 6 aromatic carbocycles. The fourth-order valence-corrected chi connectivity index (χ4v) is 9.88. The molecule has 5 heteroatoms. The van der Waals surface area contributed by atoms with Gasteiger partial charge in [0.05, 0.1) is 54.4 Å². The van der Waals surface area contributed by atoms with Crippen molar-refractivity contribution in [1.82, 2.24) is 19.1 Å². The number of benzene rings is 6. The average molecular weight is 667 g/mol. The van der Waals surface area contributed by atoms with Gasteiger partial charge in [0.25, 0.3) is 0 Å². The number of rotatable bonds is 4. The molecule has 0 saturated carbocycles. The van der Waals surface area contributed by atoms with Gasteiger partial charge < -0.3 is 9.13 Å². The summed E-state index contributed by atoms with van der Waals surface area (Å²) in [4.78, 5) is 10.7. The fourth-order valence-electron chi connectivity index (χ4n) is 8.17. The van der Waals surface area contributed by atoms with Crippen LogP contribution in [0.5, 0.6) is 0 Å². The summed E-state index contributed by atoms with van der Waals surface area (Å²) in [7, 11) is -0.668. The average Bonchev–Trinajstić information content (AvgIpc) is 3.85. The summed E-state index contributed by atoms with van der Waals surface area (Å²) in [6, 6.07) is 61.1. The summed E-state index contributed by atoms with van der Waals surface area (Å²) in [5.74, 6) is 0. The smallest absolute Gasteiger partial charge is 0.0933 e. The summed E-state index contributed by atoms with van der Waals surface area (Å²) in [6.07, 6.45) is 0. The van der Waals surface area contributed by atoms with E-state index >= 15 is 0 Å². The Balaban J connectivity index is 1.03. The predicted octanol–water partition coefficient (Wildman–Crippen LogP) is 9.10. The van der Waals surface area contributed by atoms with Gasteiger partial charge in [-0.15, -0.1) is 0 Å². The molecule has 238 valence electrons. The molecular formula is C46H30N4Si. The zero-order chi connectivity index (χ0) is 33.5. The van der Waals surface area contributed by atoms with Crippen molar-refractivity contribution in [3.63, 3.8) is 0 Å². The second-order valence-electron chi connectivity index (χ2n) is 13.4. The molecule has 1 aliphatic heterocycles. The number of hydrogen-bond acceptors (Lipinski definition) is 2.